The Morgan fingerprint density at radius 3 is 2.25 bits per heavy atom. The van der Waals surface area contributed by atoms with Crippen LogP contribution in [0.1, 0.15) is 22.0 Å². The van der Waals surface area contributed by atoms with Crippen molar-refractivity contribution in [3.63, 3.8) is 0 Å². The first-order valence-electron chi connectivity index (χ1n) is 9.71. The lowest BCUT2D eigenvalue weighted by Crippen LogP contribution is -2.31. The van der Waals surface area contributed by atoms with E-state index >= 15 is 0 Å². The molecular weight excluding hydrogens is 454 g/mol. The second-order valence-corrected chi connectivity index (χ2v) is 8.49. The Morgan fingerprint density at radius 2 is 1.66 bits per heavy atom. The molecule has 0 saturated heterocycles. The molecule has 0 radical (unpaired) electrons. The molecule has 1 atom stereocenters. The fraction of sp³-hybridized carbons (Fsp3) is 0.167. The van der Waals surface area contributed by atoms with Gasteiger partial charge in [-0.3, -0.25) is 9.59 Å². The molecule has 0 aromatic heterocycles. The van der Waals surface area contributed by atoms with Gasteiger partial charge >= 0.3 is 0 Å². The molecule has 8 heteroatoms. The third-order valence-corrected chi connectivity index (χ3v) is 6.04. The van der Waals surface area contributed by atoms with Crippen LogP contribution in [0, 0.1) is 11.6 Å². The lowest BCUT2D eigenvalue weighted by Gasteiger charge is -2.22. The van der Waals surface area contributed by atoms with Crippen molar-refractivity contribution in [2.75, 3.05) is 20.0 Å². The first-order chi connectivity index (χ1) is 15.3. The zero-order valence-corrected chi connectivity index (χ0v) is 19.0. The van der Waals surface area contributed by atoms with Crippen LogP contribution in [-0.2, 0) is 0 Å². The van der Waals surface area contributed by atoms with Gasteiger partial charge in [0.2, 0.25) is 0 Å². The van der Waals surface area contributed by atoms with Gasteiger partial charge < -0.3 is 10.2 Å². The summed E-state index contributed by atoms with van der Waals surface area (Å²) in [4.78, 5) is 27.0. The number of rotatable bonds is 6. The lowest BCUT2D eigenvalue weighted by molar-refractivity contribution is 0.0932. The Labute approximate surface area is 194 Å². The smallest absolute Gasteiger partial charge is 0.285 e. The van der Waals surface area contributed by atoms with Gasteiger partial charge in [-0.25, -0.2) is 8.78 Å². The molecule has 4 nitrogen and oxygen atoms in total. The van der Waals surface area contributed by atoms with E-state index < -0.39 is 29.1 Å². The molecule has 0 aliphatic heterocycles. The first-order valence-corrected chi connectivity index (χ1v) is 11.1. The van der Waals surface area contributed by atoms with Gasteiger partial charge in [-0.15, -0.1) is 11.6 Å². The molecular formula is C24H21ClF2N2O2S. The van der Waals surface area contributed by atoms with Crippen LogP contribution in [0.5, 0.6) is 0 Å². The highest BCUT2D eigenvalue weighted by molar-refractivity contribution is 8.13. The minimum Gasteiger partial charge on any atom is -0.344 e. The van der Waals surface area contributed by atoms with Crippen molar-refractivity contribution in [1.82, 2.24) is 10.2 Å². The fourth-order valence-electron chi connectivity index (χ4n) is 3.11. The van der Waals surface area contributed by atoms with E-state index in [-0.39, 0.29) is 11.1 Å². The third kappa shape index (κ3) is 5.47. The molecule has 1 unspecified atom stereocenters. The molecule has 3 rings (SSSR count). The molecule has 166 valence electrons. The van der Waals surface area contributed by atoms with E-state index in [9.17, 15) is 18.4 Å². The summed E-state index contributed by atoms with van der Waals surface area (Å²) >= 11 is 7.23. The van der Waals surface area contributed by atoms with Crippen molar-refractivity contribution in [3.05, 3.63) is 89.5 Å². The fourth-order valence-corrected chi connectivity index (χ4v) is 4.06. The van der Waals surface area contributed by atoms with Crippen molar-refractivity contribution >= 4 is 34.5 Å². The molecule has 0 aliphatic carbocycles. The maximum atomic E-state index is 14.1. The summed E-state index contributed by atoms with van der Waals surface area (Å²) in [5.41, 5.74) is 1.62. The van der Waals surface area contributed by atoms with Gasteiger partial charge in [-0.1, -0.05) is 42.5 Å². The number of nitrogens with zero attached hydrogens (tertiary/aromatic N) is 1. The number of amides is 2. The molecule has 0 spiro atoms. The van der Waals surface area contributed by atoms with Crippen LogP contribution in [0.3, 0.4) is 0 Å². The topological polar surface area (TPSA) is 49.4 Å². The third-order valence-electron chi connectivity index (χ3n) is 4.70. The summed E-state index contributed by atoms with van der Waals surface area (Å²) in [5, 5.41) is 2.48. The molecule has 0 heterocycles. The molecule has 0 bridgehead atoms. The Hall–Kier alpha value is -2.90. The Kier molecular flexibility index (Phi) is 7.88. The molecule has 0 fully saturated rings. The van der Waals surface area contributed by atoms with Gasteiger partial charge in [-0.05, 0) is 52.7 Å². The summed E-state index contributed by atoms with van der Waals surface area (Å²) in [5.74, 6) is -2.87. The van der Waals surface area contributed by atoms with Crippen LogP contribution in [0.4, 0.5) is 13.6 Å². The normalized spacial score (nSPS) is 11.7. The second kappa shape index (κ2) is 10.6. The molecule has 32 heavy (non-hydrogen) atoms. The Balaban J connectivity index is 2.02. The van der Waals surface area contributed by atoms with Gasteiger partial charge in [0, 0.05) is 24.9 Å². The monoisotopic (exact) mass is 474 g/mol. The first kappa shape index (κ1) is 23.8. The van der Waals surface area contributed by atoms with Crippen molar-refractivity contribution in [2.24, 2.45) is 0 Å². The van der Waals surface area contributed by atoms with Crippen molar-refractivity contribution in [3.8, 4) is 11.1 Å². The van der Waals surface area contributed by atoms with E-state index in [0.717, 1.165) is 35.0 Å². The van der Waals surface area contributed by atoms with Gasteiger partial charge in [0.15, 0.2) is 0 Å². The van der Waals surface area contributed by atoms with Crippen LogP contribution in [0.15, 0.2) is 71.6 Å². The van der Waals surface area contributed by atoms with Crippen molar-refractivity contribution in [1.29, 1.82) is 0 Å². The maximum Gasteiger partial charge on any atom is 0.285 e. The lowest BCUT2D eigenvalue weighted by atomic mass is 9.95. The maximum absolute atomic E-state index is 14.1. The summed E-state index contributed by atoms with van der Waals surface area (Å²) < 4.78 is 28.2. The van der Waals surface area contributed by atoms with E-state index in [1.54, 1.807) is 20.2 Å². The number of nitrogens with one attached hydrogen (secondary N) is 1. The minimum absolute atomic E-state index is 0.0443. The summed E-state index contributed by atoms with van der Waals surface area (Å²) in [6.07, 6.45) is 0. The minimum atomic E-state index is -0.958. The average Bonchev–Trinajstić information content (AvgIpc) is 2.77. The Bertz CT molecular complexity index is 1110. The zero-order valence-electron chi connectivity index (χ0n) is 17.4. The van der Waals surface area contributed by atoms with Crippen molar-refractivity contribution < 1.29 is 18.4 Å². The standard InChI is InChI=1S/C24H21ClF2N2O2S/c1-29(2)24(31)32-16-11-12-17(15-7-4-3-5-8-15)18(13-16)21(14-25)28-23(30)22-19(26)9-6-10-20(22)27/h3-13,21H,14H2,1-2H3,(H,28,30). The number of benzene rings is 3. The van der Waals surface area contributed by atoms with Crippen LogP contribution in [0.25, 0.3) is 11.1 Å². The quantitative estimate of drug-likeness (QED) is 0.346. The molecule has 0 saturated carbocycles. The largest absolute Gasteiger partial charge is 0.344 e. The number of thioether (sulfide) groups is 1. The highest BCUT2D eigenvalue weighted by atomic mass is 35.5. The second-order valence-electron chi connectivity index (χ2n) is 7.15. The van der Waals surface area contributed by atoms with Gasteiger partial charge in [0.1, 0.15) is 17.2 Å². The Morgan fingerprint density at radius 1 is 1.00 bits per heavy atom. The highest BCUT2D eigenvalue weighted by Gasteiger charge is 2.23. The number of hydrogen-bond acceptors (Lipinski definition) is 3. The molecule has 0 aliphatic rings. The number of alkyl halides is 1. The summed E-state index contributed by atoms with van der Waals surface area (Å²) in [6, 6.07) is 17.3. The summed E-state index contributed by atoms with van der Waals surface area (Å²) in [7, 11) is 3.30. The van der Waals surface area contributed by atoms with Crippen LogP contribution < -0.4 is 5.32 Å². The highest BCUT2D eigenvalue weighted by Crippen LogP contribution is 2.34. The van der Waals surface area contributed by atoms with Crippen molar-refractivity contribution in [2.45, 2.75) is 10.9 Å². The number of carbonyl (C=O) groups is 2. The predicted molar refractivity (Wildman–Crippen MR) is 124 cm³/mol. The number of hydrogen-bond donors (Lipinski definition) is 1. The van der Waals surface area contributed by atoms with E-state index in [2.05, 4.69) is 5.32 Å². The van der Waals surface area contributed by atoms with Crippen LogP contribution in [-0.4, -0.2) is 36.0 Å². The van der Waals surface area contributed by atoms with Crippen LogP contribution >= 0.6 is 23.4 Å². The van der Waals surface area contributed by atoms with E-state index in [1.807, 2.05) is 42.5 Å². The molecule has 3 aromatic rings. The number of halogens is 3. The zero-order chi connectivity index (χ0) is 23.3. The SMILES string of the molecule is CN(C)C(=O)Sc1ccc(-c2ccccc2)c(C(CCl)NC(=O)c2c(F)cccc2F)c1. The van der Waals surface area contributed by atoms with E-state index in [1.165, 1.54) is 11.0 Å². The van der Waals surface area contributed by atoms with Gasteiger partial charge in [0.05, 0.1) is 6.04 Å². The van der Waals surface area contributed by atoms with Crippen LogP contribution in [0.2, 0.25) is 0 Å². The van der Waals surface area contributed by atoms with E-state index in [4.69, 9.17) is 11.6 Å². The predicted octanol–water partition coefficient (Wildman–Crippen LogP) is 6.12. The molecule has 3 aromatic carbocycles. The summed E-state index contributed by atoms with van der Waals surface area (Å²) in [6.45, 7) is 0. The van der Waals surface area contributed by atoms with E-state index in [0.29, 0.717) is 10.5 Å². The van der Waals surface area contributed by atoms with Gasteiger partial charge in [0.25, 0.3) is 11.1 Å². The molecule has 1 N–H and O–H groups in total. The van der Waals surface area contributed by atoms with Gasteiger partial charge in [-0.2, -0.15) is 0 Å². The number of carbonyl (C=O) groups excluding carboxylic acids is 2. The average molecular weight is 475 g/mol. The molecule has 2 amide bonds.